The van der Waals surface area contributed by atoms with Gasteiger partial charge in [0.2, 0.25) is 0 Å². The van der Waals surface area contributed by atoms with Crippen molar-refractivity contribution in [3.05, 3.63) is 75.6 Å². The first kappa shape index (κ1) is 19.5. The highest BCUT2D eigenvalue weighted by Crippen LogP contribution is 2.35. The van der Waals surface area contributed by atoms with Crippen molar-refractivity contribution in [1.29, 1.82) is 0 Å². The van der Waals surface area contributed by atoms with Gasteiger partial charge in [-0.2, -0.15) is 0 Å². The standard InChI is InChI=1S/C22H24FN3O3/c23-17-9-7-15(8-10-17)14-25-19-4-2-5-20(25)13-18(12-19)24-22(27)16-3-1-6-21(11-16)26(28)29/h1,3,6-11,18-20H,2,4-5,12-14H2,(H,24,27). The molecule has 2 aliphatic rings. The zero-order valence-corrected chi connectivity index (χ0v) is 16.1. The van der Waals surface area contributed by atoms with Crippen molar-refractivity contribution in [3.8, 4) is 0 Å². The van der Waals surface area contributed by atoms with Crippen molar-refractivity contribution in [2.24, 2.45) is 0 Å². The fourth-order valence-electron chi connectivity index (χ4n) is 4.68. The molecule has 1 N–H and O–H groups in total. The number of amides is 1. The van der Waals surface area contributed by atoms with E-state index in [2.05, 4.69) is 10.2 Å². The van der Waals surface area contributed by atoms with Crippen LogP contribution in [0.4, 0.5) is 10.1 Å². The molecule has 152 valence electrons. The van der Waals surface area contributed by atoms with Crippen LogP contribution in [-0.2, 0) is 6.54 Å². The average molecular weight is 397 g/mol. The van der Waals surface area contributed by atoms with Gasteiger partial charge in [0.05, 0.1) is 4.92 Å². The molecule has 2 saturated heterocycles. The van der Waals surface area contributed by atoms with Gasteiger partial charge in [-0.1, -0.05) is 24.6 Å². The van der Waals surface area contributed by atoms with Gasteiger partial charge < -0.3 is 5.32 Å². The molecule has 0 saturated carbocycles. The first-order valence-electron chi connectivity index (χ1n) is 10.0. The van der Waals surface area contributed by atoms with Gasteiger partial charge >= 0.3 is 0 Å². The van der Waals surface area contributed by atoms with Gasteiger partial charge in [0.25, 0.3) is 11.6 Å². The molecule has 2 bridgehead atoms. The number of benzene rings is 2. The average Bonchev–Trinajstić information content (AvgIpc) is 2.70. The van der Waals surface area contributed by atoms with Gasteiger partial charge in [-0.15, -0.1) is 0 Å². The number of halogens is 1. The minimum atomic E-state index is -0.491. The number of fused-ring (bicyclic) bond motifs is 2. The van der Waals surface area contributed by atoms with Crippen LogP contribution in [0.3, 0.4) is 0 Å². The Morgan fingerprint density at radius 2 is 1.83 bits per heavy atom. The molecule has 2 aromatic carbocycles. The normalized spacial score (nSPS) is 24.1. The minimum Gasteiger partial charge on any atom is -0.349 e. The van der Waals surface area contributed by atoms with Gasteiger partial charge in [0, 0.05) is 42.4 Å². The van der Waals surface area contributed by atoms with Crippen LogP contribution in [0, 0.1) is 15.9 Å². The van der Waals surface area contributed by atoms with Crippen molar-refractivity contribution in [3.63, 3.8) is 0 Å². The SMILES string of the molecule is O=C(NC1CC2CCCC(C1)N2Cc1ccc(F)cc1)c1cccc([N+](=O)[O-])c1. The summed E-state index contributed by atoms with van der Waals surface area (Å²) in [4.78, 5) is 25.6. The largest absolute Gasteiger partial charge is 0.349 e. The Hall–Kier alpha value is -2.80. The lowest BCUT2D eigenvalue weighted by Crippen LogP contribution is -2.56. The molecule has 0 aliphatic carbocycles. The summed E-state index contributed by atoms with van der Waals surface area (Å²) in [7, 11) is 0. The number of rotatable bonds is 5. The molecule has 7 heteroatoms. The molecule has 2 atom stereocenters. The molecule has 2 fully saturated rings. The van der Waals surface area contributed by atoms with E-state index in [4.69, 9.17) is 0 Å². The Morgan fingerprint density at radius 3 is 2.48 bits per heavy atom. The first-order valence-corrected chi connectivity index (χ1v) is 10.0. The monoisotopic (exact) mass is 397 g/mol. The number of hydrogen-bond donors (Lipinski definition) is 1. The summed E-state index contributed by atoms with van der Waals surface area (Å²) in [6.07, 6.45) is 5.07. The highest BCUT2D eigenvalue weighted by molar-refractivity contribution is 5.95. The number of nitrogens with one attached hydrogen (secondary N) is 1. The number of piperidine rings is 2. The second-order valence-electron chi connectivity index (χ2n) is 7.99. The van der Waals surface area contributed by atoms with Gasteiger partial charge in [-0.05, 0) is 49.4 Å². The van der Waals surface area contributed by atoms with E-state index in [1.807, 2.05) is 12.1 Å². The number of carbonyl (C=O) groups is 1. The second kappa shape index (κ2) is 8.29. The van der Waals surface area contributed by atoms with E-state index in [-0.39, 0.29) is 23.5 Å². The maximum atomic E-state index is 13.2. The smallest absolute Gasteiger partial charge is 0.270 e. The van der Waals surface area contributed by atoms with Gasteiger partial charge in [0.1, 0.15) is 5.82 Å². The van der Waals surface area contributed by atoms with Gasteiger partial charge in [-0.25, -0.2) is 4.39 Å². The van der Waals surface area contributed by atoms with Crippen LogP contribution in [0.5, 0.6) is 0 Å². The lowest BCUT2D eigenvalue weighted by Gasteiger charge is -2.49. The van der Waals surface area contributed by atoms with E-state index in [0.29, 0.717) is 17.6 Å². The number of hydrogen-bond acceptors (Lipinski definition) is 4. The predicted octanol–water partition coefficient (Wildman–Crippen LogP) is 4.05. The number of nitrogens with zero attached hydrogens (tertiary/aromatic N) is 2. The third-order valence-corrected chi connectivity index (χ3v) is 6.06. The third-order valence-electron chi connectivity index (χ3n) is 6.06. The molecule has 4 rings (SSSR count). The molecule has 0 spiro atoms. The molecule has 1 amide bonds. The van der Waals surface area contributed by atoms with Crippen LogP contribution in [0.25, 0.3) is 0 Å². The molecule has 2 aromatic rings. The van der Waals surface area contributed by atoms with Crippen LogP contribution in [0.1, 0.15) is 48.0 Å². The van der Waals surface area contributed by atoms with Crippen LogP contribution in [0.2, 0.25) is 0 Å². The Kier molecular flexibility index (Phi) is 5.58. The summed E-state index contributed by atoms with van der Waals surface area (Å²) in [5.41, 5.74) is 1.34. The molecule has 29 heavy (non-hydrogen) atoms. The molecule has 2 aliphatic heterocycles. The van der Waals surface area contributed by atoms with E-state index < -0.39 is 4.92 Å². The van der Waals surface area contributed by atoms with Gasteiger partial charge in [-0.3, -0.25) is 19.8 Å². The van der Waals surface area contributed by atoms with E-state index in [1.54, 1.807) is 6.07 Å². The number of nitro benzene ring substituents is 1. The molecular weight excluding hydrogens is 373 g/mol. The summed E-state index contributed by atoms with van der Waals surface area (Å²) in [5.74, 6) is -0.486. The number of carbonyl (C=O) groups excluding carboxylic acids is 1. The van der Waals surface area contributed by atoms with Crippen molar-refractivity contribution in [1.82, 2.24) is 10.2 Å². The molecule has 2 heterocycles. The van der Waals surface area contributed by atoms with Crippen LogP contribution >= 0.6 is 0 Å². The van der Waals surface area contributed by atoms with Crippen LogP contribution in [-0.4, -0.2) is 33.9 Å². The van der Waals surface area contributed by atoms with Crippen LogP contribution < -0.4 is 5.32 Å². The van der Waals surface area contributed by atoms with Crippen molar-refractivity contribution in [2.75, 3.05) is 0 Å². The second-order valence-corrected chi connectivity index (χ2v) is 7.99. The topological polar surface area (TPSA) is 75.5 Å². The van der Waals surface area contributed by atoms with Gasteiger partial charge in [0.15, 0.2) is 0 Å². The lowest BCUT2D eigenvalue weighted by molar-refractivity contribution is -0.384. The fraction of sp³-hybridized carbons (Fsp3) is 0.409. The fourth-order valence-corrected chi connectivity index (χ4v) is 4.68. The maximum absolute atomic E-state index is 13.2. The predicted molar refractivity (Wildman–Crippen MR) is 107 cm³/mol. The third kappa shape index (κ3) is 4.45. The maximum Gasteiger partial charge on any atom is 0.270 e. The summed E-state index contributed by atoms with van der Waals surface area (Å²) in [6.45, 7) is 0.793. The first-order chi connectivity index (χ1) is 14.0. The summed E-state index contributed by atoms with van der Waals surface area (Å²) in [5, 5.41) is 14.0. The Balaban J connectivity index is 1.42. The van der Waals surface area contributed by atoms with Crippen molar-refractivity contribution >= 4 is 11.6 Å². The Morgan fingerprint density at radius 1 is 1.14 bits per heavy atom. The van der Waals surface area contributed by atoms with Crippen LogP contribution in [0.15, 0.2) is 48.5 Å². The van der Waals surface area contributed by atoms with Crippen molar-refractivity contribution < 1.29 is 14.1 Å². The zero-order chi connectivity index (χ0) is 20.4. The Labute approximate surface area is 168 Å². The highest BCUT2D eigenvalue weighted by Gasteiger charge is 2.38. The van der Waals surface area contributed by atoms with E-state index in [9.17, 15) is 19.3 Å². The van der Waals surface area contributed by atoms with E-state index in [1.165, 1.54) is 36.8 Å². The quantitative estimate of drug-likeness (QED) is 0.610. The Bertz CT molecular complexity index is 888. The van der Waals surface area contributed by atoms with Crippen molar-refractivity contribution in [2.45, 2.75) is 56.8 Å². The molecular formula is C22H24FN3O3. The number of non-ortho nitro benzene ring substituents is 1. The summed E-state index contributed by atoms with van der Waals surface area (Å²) in [6, 6.07) is 13.3. The molecule has 0 radical (unpaired) electrons. The highest BCUT2D eigenvalue weighted by atomic mass is 19.1. The number of nitro groups is 1. The molecule has 0 aromatic heterocycles. The summed E-state index contributed by atoms with van der Waals surface area (Å²) < 4.78 is 13.2. The molecule has 6 nitrogen and oxygen atoms in total. The van der Waals surface area contributed by atoms with E-state index in [0.717, 1.165) is 37.8 Å². The molecule has 2 unspecified atom stereocenters. The zero-order valence-electron chi connectivity index (χ0n) is 16.1. The lowest BCUT2D eigenvalue weighted by atomic mass is 9.81. The minimum absolute atomic E-state index is 0.0570. The summed E-state index contributed by atoms with van der Waals surface area (Å²) >= 11 is 0. The van der Waals surface area contributed by atoms with E-state index >= 15 is 0 Å².